The van der Waals surface area contributed by atoms with Gasteiger partial charge >= 0.3 is 0 Å². The summed E-state index contributed by atoms with van der Waals surface area (Å²) in [5.41, 5.74) is 2.17. The molecular formula is C22H20N4O3S. The summed E-state index contributed by atoms with van der Waals surface area (Å²) < 4.78 is 0.924. The van der Waals surface area contributed by atoms with Gasteiger partial charge in [0.2, 0.25) is 5.91 Å². The Kier molecular flexibility index (Phi) is 5.24. The second-order valence-corrected chi connectivity index (χ2v) is 8.02. The summed E-state index contributed by atoms with van der Waals surface area (Å²) in [5.74, 6) is -0.789. The molecule has 7 nitrogen and oxygen atoms in total. The first-order chi connectivity index (χ1) is 14.5. The number of benzene rings is 2. The van der Waals surface area contributed by atoms with Crippen molar-refractivity contribution in [1.29, 1.82) is 0 Å². The third-order valence-corrected chi connectivity index (χ3v) is 5.91. The molecule has 1 atom stereocenters. The van der Waals surface area contributed by atoms with Crippen molar-refractivity contribution in [1.82, 2.24) is 5.32 Å². The molecule has 0 bridgehead atoms. The number of para-hydroxylation sites is 2. The molecule has 30 heavy (non-hydrogen) atoms. The van der Waals surface area contributed by atoms with E-state index in [0.29, 0.717) is 28.4 Å². The van der Waals surface area contributed by atoms with Crippen LogP contribution in [0.4, 0.5) is 17.1 Å². The first-order valence-electron chi connectivity index (χ1n) is 9.41. The molecule has 0 saturated carbocycles. The molecule has 1 unspecified atom stereocenters. The predicted molar refractivity (Wildman–Crippen MR) is 120 cm³/mol. The Bertz CT molecular complexity index is 1180. The topological polar surface area (TPSA) is 99.3 Å². The first-order valence-corrected chi connectivity index (χ1v) is 10.2. The summed E-state index contributed by atoms with van der Waals surface area (Å²) in [6, 6.07) is 12.3. The van der Waals surface area contributed by atoms with E-state index < -0.39 is 0 Å². The summed E-state index contributed by atoms with van der Waals surface area (Å²) in [6.07, 6.45) is 1.17. The molecule has 0 aliphatic carbocycles. The second-order valence-electron chi connectivity index (χ2n) is 6.97. The van der Waals surface area contributed by atoms with Crippen LogP contribution in [0.2, 0.25) is 0 Å². The number of carbonyl (C=O) groups is 3. The van der Waals surface area contributed by atoms with Crippen LogP contribution < -0.4 is 21.3 Å². The highest BCUT2D eigenvalue weighted by Crippen LogP contribution is 2.37. The van der Waals surface area contributed by atoms with Crippen LogP contribution >= 0.6 is 11.3 Å². The number of hydrogen-bond acceptors (Lipinski definition) is 5. The Morgan fingerprint density at radius 1 is 1.17 bits per heavy atom. The van der Waals surface area contributed by atoms with Gasteiger partial charge in [-0.15, -0.1) is 11.3 Å². The fourth-order valence-electron chi connectivity index (χ4n) is 3.25. The lowest BCUT2D eigenvalue weighted by Crippen LogP contribution is -2.34. The number of carbonyl (C=O) groups excluding carboxylic acids is 3. The van der Waals surface area contributed by atoms with Gasteiger partial charge < -0.3 is 21.3 Å². The molecule has 4 N–H and O–H groups in total. The van der Waals surface area contributed by atoms with Crippen molar-refractivity contribution in [2.45, 2.75) is 13.0 Å². The minimum absolute atomic E-state index is 0.0147. The van der Waals surface area contributed by atoms with E-state index in [1.165, 1.54) is 17.4 Å². The highest BCUT2D eigenvalue weighted by molar-refractivity contribution is 7.21. The molecule has 0 radical (unpaired) electrons. The Hall–Kier alpha value is -3.65. The Morgan fingerprint density at radius 2 is 1.90 bits per heavy atom. The lowest BCUT2D eigenvalue weighted by Gasteiger charge is -2.12. The van der Waals surface area contributed by atoms with Gasteiger partial charge in [0, 0.05) is 28.2 Å². The predicted octanol–water partition coefficient (Wildman–Crippen LogP) is 3.82. The molecule has 1 aromatic heterocycles. The van der Waals surface area contributed by atoms with Crippen LogP contribution in [-0.4, -0.2) is 30.3 Å². The van der Waals surface area contributed by atoms with Crippen LogP contribution in [0.15, 0.2) is 55.1 Å². The molecule has 3 amide bonds. The van der Waals surface area contributed by atoms with Gasteiger partial charge in [-0.05, 0) is 43.3 Å². The van der Waals surface area contributed by atoms with Gasteiger partial charge in [-0.2, -0.15) is 0 Å². The van der Waals surface area contributed by atoms with Crippen LogP contribution in [0.25, 0.3) is 10.1 Å². The van der Waals surface area contributed by atoms with Gasteiger partial charge in [0.05, 0.1) is 17.1 Å². The summed E-state index contributed by atoms with van der Waals surface area (Å²) in [6.45, 7) is 5.98. The van der Waals surface area contributed by atoms with Crippen molar-refractivity contribution in [2.24, 2.45) is 0 Å². The van der Waals surface area contributed by atoms with Gasteiger partial charge in [-0.3, -0.25) is 14.4 Å². The first kappa shape index (κ1) is 19.7. The van der Waals surface area contributed by atoms with Crippen LogP contribution in [0.1, 0.15) is 27.0 Å². The molecule has 0 saturated heterocycles. The molecule has 152 valence electrons. The van der Waals surface area contributed by atoms with E-state index in [1.807, 2.05) is 13.0 Å². The summed E-state index contributed by atoms with van der Waals surface area (Å²) >= 11 is 1.40. The normalized spacial score (nSPS) is 15.4. The lowest BCUT2D eigenvalue weighted by molar-refractivity contribution is -0.111. The molecule has 2 heterocycles. The highest BCUT2D eigenvalue weighted by atomic mass is 32.1. The van der Waals surface area contributed by atoms with Crippen LogP contribution in [0.3, 0.4) is 0 Å². The van der Waals surface area contributed by atoms with Crippen molar-refractivity contribution < 1.29 is 14.4 Å². The lowest BCUT2D eigenvalue weighted by atomic mass is 10.1. The van der Waals surface area contributed by atoms with Crippen molar-refractivity contribution in [3.05, 3.63) is 65.6 Å². The van der Waals surface area contributed by atoms with Crippen LogP contribution in [0, 0.1) is 0 Å². The largest absolute Gasteiger partial charge is 0.381 e. The van der Waals surface area contributed by atoms with Crippen LogP contribution in [0.5, 0.6) is 0 Å². The molecular weight excluding hydrogens is 400 g/mol. The monoisotopic (exact) mass is 420 g/mol. The fraction of sp³-hybridized carbons (Fsp3) is 0.136. The molecule has 1 aliphatic rings. The number of rotatable bonds is 4. The van der Waals surface area contributed by atoms with E-state index in [1.54, 1.807) is 36.4 Å². The van der Waals surface area contributed by atoms with E-state index in [2.05, 4.69) is 27.8 Å². The van der Waals surface area contributed by atoms with Gasteiger partial charge in [0.15, 0.2) is 0 Å². The van der Waals surface area contributed by atoms with Crippen molar-refractivity contribution in [3.8, 4) is 0 Å². The Labute approximate surface area is 177 Å². The highest BCUT2D eigenvalue weighted by Gasteiger charge is 2.24. The number of nitrogens with one attached hydrogen (secondary N) is 4. The maximum absolute atomic E-state index is 12.9. The average molecular weight is 420 g/mol. The minimum Gasteiger partial charge on any atom is -0.381 e. The van der Waals surface area contributed by atoms with E-state index in [9.17, 15) is 14.4 Å². The van der Waals surface area contributed by atoms with Gasteiger partial charge in [-0.1, -0.05) is 18.7 Å². The second kappa shape index (κ2) is 8.00. The van der Waals surface area contributed by atoms with E-state index in [4.69, 9.17) is 0 Å². The SMILES string of the molecule is C=CC(=O)Nc1ccccc1NC(=O)c1ccc2sc3c(c2c1)NCC(C)NC3=O. The number of thiophene rings is 1. The zero-order chi connectivity index (χ0) is 21.3. The van der Waals surface area contributed by atoms with Crippen LogP contribution in [-0.2, 0) is 4.79 Å². The zero-order valence-electron chi connectivity index (χ0n) is 16.2. The minimum atomic E-state index is -0.363. The maximum Gasteiger partial charge on any atom is 0.263 e. The number of anilines is 3. The molecule has 8 heteroatoms. The van der Waals surface area contributed by atoms with Gasteiger partial charge in [-0.25, -0.2) is 0 Å². The van der Waals surface area contributed by atoms with E-state index in [-0.39, 0.29) is 23.8 Å². The van der Waals surface area contributed by atoms with Crippen molar-refractivity contribution in [2.75, 3.05) is 22.5 Å². The average Bonchev–Trinajstić information content (AvgIpc) is 3.04. The molecule has 4 rings (SSSR count). The van der Waals surface area contributed by atoms with Crippen molar-refractivity contribution in [3.63, 3.8) is 0 Å². The molecule has 0 spiro atoms. The molecule has 1 aliphatic heterocycles. The third-order valence-electron chi connectivity index (χ3n) is 4.74. The van der Waals surface area contributed by atoms with Gasteiger partial charge in [0.25, 0.3) is 11.8 Å². The van der Waals surface area contributed by atoms with Crippen molar-refractivity contribution >= 4 is 56.2 Å². The van der Waals surface area contributed by atoms with Gasteiger partial charge in [0.1, 0.15) is 4.88 Å². The Morgan fingerprint density at radius 3 is 2.63 bits per heavy atom. The fourth-order valence-corrected chi connectivity index (χ4v) is 4.31. The molecule has 3 aromatic rings. The summed E-state index contributed by atoms with van der Waals surface area (Å²) in [5, 5.41) is 12.6. The molecule has 0 fully saturated rings. The number of amides is 3. The molecule has 2 aromatic carbocycles. The smallest absolute Gasteiger partial charge is 0.263 e. The standard InChI is InChI=1S/C22H20N4O3S/c1-3-18(27)25-15-6-4-5-7-16(15)26-21(28)13-8-9-17-14(10-13)19-20(30-17)22(29)24-12(2)11-23-19/h3-10,12,23H,1,11H2,2H3,(H,24,29)(H,25,27)(H,26,28). The maximum atomic E-state index is 12.9. The van der Waals surface area contributed by atoms with E-state index in [0.717, 1.165) is 15.8 Å². The number of hydrogen-bond donors (Lipinski definition) is 4. The zero-order valence-corrected chi connectivity index (χ0v) is 17.1. The quantitative estimate of drug-likeness (QED) is 0.482. The Balaban J connectivity index is 1.65. The summed E-state index contributed by atoms with van der Waals surface area (Å²) in [7, 11) is 0. The summed E-state index contributed by atoms with van der Waals surface area (Å²) in [4.78, 5) is 37.6. The van der Waals surface area contributed by atoms with E-state index >= 15 is 0 Å². The number of fused-ring (bicyclic) bond motifs is 3. The third kappa shape index (κ3) is 3.77.